The Morgan fingerprint density at radius 1 is 1.24 bits per heavy atom. The first kappa shape index (κ1) is 20.4. The zero-order valence-electron chi connectivity index (χ0n) is 13.6. The molecule has 7 nitrogen and oxygen atoms in total. The molecule has 1 unspecified atom stereocenters. The molecule has 0 bridgehead atoms. The van der Waals surface area contributed by atoms with E-state index in [1.807, 2.05) is 0 Å². The Bertz CT molecular complexity index is 730. The minimum atomic E-state index is -3.72. The van der Waals surface area contributed by atoms with E-state index in [2.05, 4.69) is 5.32 Å². The Labute approximate surface area is 158 Å². The molecule has 2 aliphatic rings. The summed E-state index contributed by atoms with van der Waals surface area (Å²) in [7, 11) is -3.72. The predicted octanol–water partition coefficient (Wildman–Crippen LogP) is 2.82. The summed E-state index contributed by atoms with van der Waals surface area (Å²) in [6.45, 7) is 1.96. The minimum Gasteiger partial charge on any atom is -0.314 e. The molecule has 25 heavy (non-hydrogen) atoms. The van der Waals surface area contributed by atoms with Crippen molar-refractivity contribution in [1.82, 2.24) is 9.62 Å². The van der Waals surface area contributed by atoms with E-state index in [-0.39, 0.29) is 28.0 Å². The topological polar surface area (TPSA) is 92.5 Å². The summed E-state index contributed by atoms with van der Waals surface area (Å²) in [6.07, 6.45) is 3.98. The second kappa shape index (κ2) is 8.18. The molecule has 0 spiro atoms. The van der Waals surface area contributed by atoms with Gasteiger partial charge in [0.25, 0.3) is 5.69 Å². The fourth-order valence-electron chi connectivity index (χ4n) is 3.58. The molecule has 0 radical (unpaired) electrons. The number of benzene rings is 1. The van der Waals surface area contributed by atoms with Crippen LogP contribution >= 0.6 is 24.0 Å². The first-order valence-electron chi connectivity index (χ1n) is 8.07. The number of halogens is 2. The van der Waals surface area contributed by atoms with E-state index < -0.39 is 14.9 Å². The number of hydrogen-bond donors (Lipinski definition) is 1. The fourth-order valence-corrected chi connectivity index (χ4v) is 5.57. The van der Waals surface area contributed by atoms with Crippen molar-refractivity contribution in [2.45, 2.75) is 36.6 Å². The summed E-state index contributed by atoms with van der Waals surface area (Å²) in [6, 6.07) is 3.98. The van der Waals surface area contributed by atoms with Gasteiger partial charge in [0.2, 0.25) is 10.0 Å². The van der Waals surface area contributed by atoms with Crippen molar-refractivity contribution in [2.75, 3.05) is 19.6 Å². The van der Waals surface area contributed by atoms with E-state index in [0.717, 1.165) is 31.9 Å². The Kier molecular flexibility index (Phi) is 6.67. The van der Waals surface area contributed by atoms with Gasteiger partial charge in [-0.05, 0) is 44.2 Å². The molecule has 2 saturated heterocycles. The van der Waals surface area contributed by atoms with Crippen molar-refractivity contribution in [3.8, 4) is 0 Å². The van der Waals surface area contributed by atoms with Crippen molar-refractivity contribution >= 4 is 39.7 Å². The molecule has 3 rings (SSSR count). The number of nitro benzene ring substituents is 1. The van der Waals surface area contributed by atoms with Gasteiger partial charge in [-0.25, -0.2) is 8.42 Å². The van der Waals surface area contributed by atoms with Crippen LogP contribution in [-0.2, 0) is 10.0 Å². The molecular weight excluding hydrogens is 389 g/mol. The van der Waals surface area contributed by atoms with Gasteiger partial charge in [-0.2, -0.15) is 4.31 Å². The summed E-state index contributed by atoms with van der Waals surface area (Å²) in [5.74, 6) is 0.506. The maximum absolute atomic E-state index is 12.8. The number of rotatable bonds is 4. The van der Waals surface area contributed by atoms with E-state index in [0.29, 0.717) is 25.0 Å². The molecule has 1 aromatic carbocycles. The Morgan fingerprint density at radius 3 is 2.44 bits per heavy atom. The average molecular weight is 410 g/mol. The van der Waals surface area contributed by atoms with Crippen molar-refractivity contribution in [3.05, 3.63) is 33.3 Å². The molecule has 2 heterocycles. The molecule has 140 valence electrons. The van der Waals surface area contributed by atoms with Gasteiger partial charge < -0.3 is 5.32 Å². The van der Waals surface area contributed by atoms with Gasteiger partial charge in [0.1, 0.15) is 4.90 Å². The number of non-ortho nitro benzene ring substituents is 1. The first-order valence-corrected chi connectivity index (χ1v) is 9.89. The van der Waals surface area contributed by atoms with Gasteiger partial charge in [-0.3, -0.25) is 10.1 Å². The highest BCUT2D eigenvalue weighted by Crippen LogP contribution is 2.32. The first-order chi connectivity index (χ1) is 11.4. The van der Waals surface area contributed by atoms with Crippen LogP contribution in [0.1, 0.15) is 25.7 Å². The summed E-state index contributed by atoms with van der Waals surface area (Å²) in [5, 5.41) is 14.1. The predicted molar refractivity (Wildman–Crippen MR) is 97.9 cm³/mol. The molecule has 1 atom stereocenters. The van der Waals surface area contributed by atoms with Gasteiger partial charge >= 0.3 is 0 Å². The van der Waals surface area contributed by atoms with Gasteiger partial charge in [-0.1, -0.05) is 11.6 Å². The third-order valence-corrected chi connectivity index (χ3v) is 7.29. The number of sulfonamides is 1. The summed E-state index contributed by atoms with van der Waals surface area (Å²) in [5.41, 5.74) is -0.218. The van der Waals surface area contributed by atoms with E-state index in [9.17, 15) is 18.5 Å². The number of piperidine rings is 1. The van der Waals surface area contributed by atoms with Crippen LogP contribution in [0.2, 0.25) is 5.02 Å². The van der Waals surface area contributed by atoms with Crippen LogP contribution in [0.15, 0.2) is 23.1 Å². The monoisotopic (exact) mass is 409 g/mol. The highest BCUT2D eigenvalue weighted by atomic mass is 35.5. The van der Waals surface area contributed by atoms with Crippen molar-refractivity contribution in [3.63, 3.8) is 0 Å². The largest absolute Gasteiger partial charge is 0.314 e. The van der Waals surface area contributed by atoms with Crippen molar-refractivity contribution in [2.24, 2.45) is 5.92 Å². The number of hydrogen-bond acceptors (Lipinski definition) is 5. The lowest BCUT2D eigenvalue weighted by molar-refractivity contribution is -0.384. The van der Waals surface area contributed by atoms with E-state index >= 15 is 0 Å². The summed E-state index contributed by atoms with van der Waals surface area (Å²) >= 11 is 5.99. The van der Waals surface area contributed by atoms with E-state index in [1.165, 1.54) is 22.9 Å². The average Bonchev–Trinajstić information content (AvgIpc) is 3.09. The molecule has 0 aliphatic carbocycles. The van der Waals surface area contributed by atoms with Gasteiger partial charge in [0.05, 0.1) is 9.95 Å². The minimum absolute atomic E-state index is 0. The second-order valence-corrected chi connectivity index (χ2v) is 8.63. The van der Waals surface area contributed by atoms with Crippen LogP contribution in [0.25, 0.3) is 0 Å². The second-order valence-electron chi connectivity index (χ2n) is 6.32. The molecule has 2 fully saturated rings. The van der Waals surface area contributed by atoms with Crippen LogP contribution in [0.5, 0.6) is 0 Å². The van der Waals surface area contributed by atoms with Crippen LogP contribution in [0, 0.1) is 16.0 Å². The third-order valence-electron chi connectivity index (χ3n) is 4.91. The third kappa shape index (κ3) is 4.25. The van der Waals surface area contributed by atoms with Crippen LogP contribution in [0.3, 0.4) is 0 Å². The zero-order valence-corrected chi connectivity index (χ0v) is 15.9. The molecular formula is C15H21Cl2N3O4S. The smallest absolute Gasteiger partial charge is 0.271 e. The number of nitro groups is 1. The fraction of sp³-hybridized carbons (Fsp3) is 0.600. The van der Waals surface area contributed by atoms with Crippen LogP contribution in [0.4, 0.5) is 5.69 Å². The molecule has 0 saturated carbocycles. The quantitative estimate of drug-likeness (QED) is 0.609. The van der Waals surface area contributed by atoms with Crippen LogP contribution in [-0.4, -0.2) is 43.3 Å². The van der Waals surface area contributed by atoms with E-state index in [4.69, 9.17) is 11.6 Å². The van der Waals surface area contributed by atoms with Gasteiger partial charge in [0.15, 0.2) is 0 Å². The summed E-state index contributed by atoms with van der Waals surface area (Å²) in [4.78, 5) is 10.1. The van der Waals surface area contributed by atoms with Crippen molar-refractivity contribution in [1.29, 1.82) is 0 Å². The SMILES string of the molecule is Cl.O=[N+]([O-])c1ccc(S(=O)(=O)N2CCC(C3CCCN3)CC2)c(Cl)c1. The Hall–Kier alpha value is -0.930. The van der Waals surface area contributed by atoms with E-state index in [1.54, 1.807) is 0 Å². The van der Waals surface area contributed by atoms with Crippen LogP contribution < -0.4 is 5.32 Å². The maximum atomic E-state index is 12.8. The molecule has 2 aliphatic heterocycles. The van der Waals surface area contributed by atoms with Gasteiger partial charge in [-0.15, -0.1) is 12.4 Å². The maximum Gasteiger partial charge on any atom is 0.271 e. The lowest BCUT2D eigenvalue weighted by Crippen LogP contribution is -2.43. The normalized spacial score (nSPS) is 22.5. The van der Waals surface area contributed by atoms with Gasteiger partial charge in [0, 0.05) is 31.3 Å². The summed E-state index contributed by atoms with van der Waals surface area (Å²) < 4.78 is 27.0. The zero-order chi connectivity index (χ0) is 17.3. The highest BCUT2D eigenvalue weighted by Gasteiger charge is 2.34. The molecule has 1 N–H and O–H groups in total. The molecule has 1 aromatic rings. The highest BCUT2D eigenvalue weighted by molar-refractivity contribution is 7.89. The molecule has 0 aromatic heterocycles. The molecule has 0 amide bonds. The molecule has 10 heteroatoms. The number of nitrogens with zero attached hydrogens (tertiary/aromatic N) is 2. The number of nitrogens with one attached hydrogen (secondary N) is 1. The van der Waals surface area contributed by atoms with Crippen molar-refractivity contribution < 1.29 is 13.3 Å². The Morgan fingerprint density at radius 2 is 1.92 bits per heavy atom. The lowest BCUT2D eigenvalue weighted by atomic mass is 9.89. The Balaban J connectivity index is 0.00000225. The lowest BCUT2D eigenvalue weighted by Gasteiger charge is -2.34. The standard InChI is InChI=1S/C15H20ClN3O4S.ClH/c16-13-10-12(19(20)21)3-4-15(13)24(22,23)18-8-5-11(6-9-18)14-2-1-7-17-14;/h3-4,10-11,14,17H,1-2,5-9H2;1H.